The van der Waals surface area contributed by atoms with Gasteiger partial charge in [0.15, 0.2) is 5.82 Å². The van der Waals surface area contributed by atoms with Crippen LogP contribution in [-0.2, 0) is 0 Å². The zero-order chi connectivity index (χ0) is 16.4. The lowest BCUT2D eigenvalue weighted by molar-refractivity contribution is 0.701. The van der Waals surface area contributed by atoms with Crippen molar-refractivity contribution in [2.24, 2.45) is 0 Å². The second-order valence-electron chi connectivity index (χ2n) is 5.34. The number of rotatable bonds is 3. The van der Waals surface area contributed by atoms with Crippen molar-refractivity contribution < 1.29 is 0 Å². The summed E-state index contributed by atoms with van der Waals surface area (Å²) in [7, 11) is 0. The van der Waals surface area contributed by atoms with Gasteiger partial charge < -0.3 is 0 Å². The lowest BCUT2D eigenvalue weighted by Crippen LogP contribution is -2.00. The zero-order valence-electron chi connectivity index (χ0n) is 13.0. The molecule has 4 rings (SSSR count). The molecule has 24 heavy (non-hydrogen) atoms. The highest BCUT2D eigenvalue weighted by Crippen LogP contribution is 2.25. The maximum atomic E-state index is 4.41. The summed E-state index contributed by atoms with van der Waals surface area (Å²) in [6.07, 6.45) is 3.49. The minimum absolute atomic E-state index is 0.566. The second-order valence-corrected chi connectivity index (χ2v) is 5.34. The Balaban J connectivity index is 1.69. The van der Waals surface area contributed by atoms with Crippen LogP contribution in [0.25, 0.3) is 28.5 Å². The number of hydrogen-bond donors (Lipinski definition) is 0. The number of hydrogen-bond acceptors (Lipinski definition) is 5. The molecule has 3 aromatic heterocycles. The molecular weight excluding hydrogens is 300 g/mol. The molecule has 3 heterocycles. The molecule has 6 nitrogen and oxygen atoms in total. The van der Waals surface area contributed by atoms with Crippen molar-refractivity contribution in [2.75, 3.05) is 0 Å². The van der Waals surface area contributed by atoms with Gasteiger partial charge in [0.25, 0.3) is 0 Å². The van der Waals surface area contributed by atoms with Crippen molar-refractivity contribution in [3.63, 3.8) is 0 Å². The van der Waals surface area contributed by atoms with Crippen LogP contribution in [0, 0.1) is 6.92 Å². The van der Waals surface area contributed by atoms with E-state index in [0.29, 0.717) is 11.6 Å². The van der Waals surface area contributed by atoms with Gasteiger partial charge in [0.2, 0.25) is 5.82 Å². The molecular formula is C18H14N6. The molecule has 0 fully saturated rings. The van der Waals surface area contributed by atoms with Crippen LogP contribution >= 0.6 is 0 Å². The molecule has 0 radical (unpaired) electrons. The van der Waals surface area contributed by atoms with Gasteiger partial charge in [-0.05, 0) is 48.0 Å². The van der Waals surface area contributed by atoms with Crippen molar-refractivity contribution in [2.45, 2.75) is 6.92 Å². The first-order chi connectivity index (χ1) is 11.8. The van der Waals surface area contributed by atoms with Gasteiger partial charge in [-0.1, -0.05) is 24.3 Å². The van der Waals surface area contributed by atoms with E-state index in [4.69, 9.17) is 0 Å². The summed E-state index contributed by atoms with van der Waals surface area (Å²) < 4.78 is 0. The van der Waals surface area contributed by atoms with E-state index in [-0.39, 0.29) is 0 Å². The molecule has 6 heteroatoms. The van der Waals surface area contributed by atoms with E-state index >= 15 is 0 Å². The Morgan fingerprint density at radius 1 is 0.875 bits per heavy atom. The lowest BCUT2D eigenvalue weighted by Gasteiger charge is -2.06. The van der Waals surface area contributed by atoms with Crippen LogP contribution in [0.2, 0.25) is 0 Å². The van der Waals surface area contributed by atoms with Gasteiger partial charge in [0, 0.05) is 23.5 Å². The molecule has 0 amide bonds. The molecule has 0 spiro atoms. The first-order valence-corrected chi connectivity index (χ1v) is 7.55. The molecule has 0 atom stereocenters. The number of aromatic nitrogens is 6. The molecule has 0 saturated carbocycles. The van der Waals surface area contributed by atoms with E-state index in [1.54, 1.807) is 12.4 Å². The number of aryl methyl sites for hydroxylation is 1. The fourth-order valence-electron chi connectivity index (χ4n) is 2.51. The smallest absolute Gasteiger partial charge is 0.205 e. The van der Waals surface area contributed by atoms with E-state index in [0.717, 1.165) is 22.4 Å². The van der Waals surface area contributed by atoms with Crippen molar-refractivity contribution >= 4 is 0 Å². The predicted octanol–water partition coefficient (Wildman–Crippen LogP) is 3.09. The summed E-state index contributed by atoms with van der Waals surface area (Å²) in [4.78, 5) is 10.0. The summed E-state index contributed by atoms with van der Waals surface area (Å²) in [6, 6.07) is 17.5. The number of nitrogens with zero attached hydrogens (tertiary/aromatic N) is 6. The molecule has 0 aliphatic carbocycles. The first-order valence-electron chi connectivity index (χ1n) is 7.55. The van der Waals surface area contributed by atoms with E-state index in [1.807, 2.05) is 54.6 Å². The van der Waals surface area contributed by atoms with Crippen molar-refractivity contribution in [1.29, 1.82) is 0 Å². The Kier molecular flexibility index (Phi) is 3.55. The molecule has 4 aromatic rings. The van der Waals surface area contributed by atoms with Crippen LogP contribution in [0.4, 0.5) is 0 Å². The Hall–Kier alpha value is -3.41. The predicted molar refractivity (Wildman–Crippen MR) is 90.4 cm³/mol. The highest BCUT2D eigenvalue weighted by molar-refractivity contribution is 5.68. The van der Waals surface area contributed by atoms with Crippen LogP contribution in [0.15, 0.2) is 67.0 Å². The number of benzene rings is 1. The summed E-state index contributed by atoms with van der Waals surface area (Å²) >= 11 is 0. The zero-order valence-corrected chi connectivity index (χ0v) is 13.0. The van der Waals surface area contributed by atoms with Crippen LogP contribution in [-0.4, -0.2) is 30.2 Å². The van der Waals surface area contributed by atoms with Gasteiger partial charge in [-0.25, -0.2) is 4.98 Å². The molecule has 1 aromatic carbocycles. The van der Waals surface area contributed by atoms with Crippen molar-refractivity contribution in [1.82, 2.24) is 30.2 Å². The highest BCUT2D eigenvalue weighted by atomic mass is 15.6. The SMILES string of the molecule is Cc1cc(-c2nnn(-c3ccccn3)n2)ccc1-c1ccccn1. The Morgan fingerprint density at radius 3 is 2.42 bits per heavy atom. The topological polar surface area (TPSA) is 69.4 Å². The van der Waals surface area contributed by atoms with Crippen molar-refractivity contribution in [3.05, 3.63) is 72.6 Å². The van der Waals surface area contributed by atoms with Gasteiger partial charge in [-0.15, -0.1) is 15.0 Å². The van der Waals surface area contributed by atoms with E-state index in [2.05, 4.69) is 32.3 Å². The molecule has 0 unspecified atom stereocenters. The third-order valence-electron chi connectivity index (χ3n) is 3.69. The molecule has 0 bridgehead atoms. The van der Waals surface area contributed by atoms with Crippen LogP contribution in [0.3, 0.4) is 0 Å². The first kappa shape index (κ1) is 14.2. The highest BCUT2D eigenvalue weighted by Gasteiger charge is 2.10. The van der Waals surface area contributed by atoms with Gasteiger partial charge in [-0.2, -0.15) is 0 Å². The average Bonchev–Trinajstić information content (AvgIpc) is 3.13. The molecule has 0 saturated heterocycles. The Morgan fingerprint density at radius 2 is 1.71 bits per heavy atom. The van der Waals surface area contributed by atoms with Gasteiger partial charge >= 0.3 is 0 Å². The quantitative estimate of drug-likeness (QED) is 0.581. The Bertz CT molecular complexity index is 963. The van der Waals surface area contributed by atoms with E-state index in [9.17, 15) is 0 Å². The van der Waals surface area contributed by atoms with Crippen LogP contribution in [0.5, 0.6) is 0 Å². The van der Waals surface area contributed by atoms with Crippen LogP contribution < -0.4 is 0 Å². The van der Waals surface area contributed by atoms with E-state index in [1.165, 1.54) is 4.80 Å². The summed E-state index contributed by atoms with van der Waals surface area (Å²) in [5.41, 5.74) is 4.07. The molecule has 0 N–H and O–H groups in total. The van der Waals surface area contributed by atoms with Crippen molar-refractivity contribution in [3.8, 4) is 28.5 Å². The van der Waals surface area contributed by atoms with Crippen LogP contribution in [0.1, 0.15) is 5.56 Å². The fraction of sp³-hybridized carbons (Fsp3) is 0.0556. The van der Waals surface area contributed by atoms with Gasteiger partial charge in [0.1, 0.15) is 0 Å². The lowest BCUT2D eigenvalue weighted by atomic mass is 10.0. The largest absolute Gasteiger partial charge is 0.256 e. The minimum Gasteiger partial charge on any atom is -0.256 e. The molecule has 0 aliphatic heterocycles. The standard InChI is InChI=1S/C18H14N6/c1-13-12-14(8-9-15(13)16-6-2-4-10-19-16)18-21-23-24(22-18)17-7-3-5-11-20-17/h2-12H,1H3. The normalized spacial score (nSPS) is 10.7. The third kappa shape index (κ3) is 2.65. The number of pyridine rings is 2. The molecule has 0 aliphatic rings. The summed E-state index contributed by atoms with van der Waals surface area (Å²) in [5.74, 6) is 1.20. The van der Waals surface area contributed by atoms with Gasteiger partial charge in [-0.3, -0.25) is 4.98 Å². The minimum atomic E-state index is 0.566. The van der Waals surface area contributed by atoms with E-state index < -0.39 is 0 Å². The van der Waals surface area contributed by atoms with Gasteiger partial charge in [0.05, 0.1) is 5.69 Å². The summed E-state index contributed by atoms with van der Waals surface area (Å²) in [6.45, 7) is 2.05. The fourth-order valence-corrected chi connectivity index (χ4v) is 2.51. The maximum Gasteiger partial charge on any atom is 0.205 e. The number of tetrazole rings is 1. The third-order valence-corrected chi connectivity index (χ3v) is 3.69. The summed E-state index contributed by atoms with van der Waals surface area (Å²) in [5, 5.41) is 12.6. The maximum absolute atomic E-state index is 4.41. The average molecular weight is 314 g/mol. The second kappa shape index (κ2) is 6.00. The monoisotopic (exact) mass is 314 g/mol. The Labute approximate surface area is 138 Å². The molecule has 116 valence electrons.